The lowest BCUT2D eigenvalue weighted by atomic mass is 10.2. The molecule has 0 aromatic carbocycles. The van der Waals surface area contributed by atoms with E-state index >= 15 is 0 Å². The first-order valence-electron chi connectivity index (χ1n) is 7.28. The van der Waals surface area contributed by atoms with Crippen molar-refractivity contribution < 1.29 is 4.74 Å². The van der Waals surface area contributed by atoms with Crippen LogP contribution >= 0.6 is 0 Å². The minimum Gasteiger partial charge on any atom is -0.385 e. The fourth-order valence-electron chi connectivity index (χ4n) is 2.26. The average molecular weight is 298 g/mol. The molecular formula is C14H26N4O3. The molecule has 0 aliphatic heterocycles. The molecule has 0 amide bonds. The molecule has 0 bridgehead atoms. The standard InChI is InChI=1S/C14H26N4O3/c1-5-17(7-6-8-21-4)11-12(15)18(9-10(2)3)14(20)16-13(11)19/h10H,5-9,15H2,1-4H3,(H,16,19,20). The lowest BCUT2D eigenvalue weighted by molar-refractivity contribution is 0.196. The summed E-state index contributed by atoms with van der Waals surface area (Å²) < 4.78 is 6.46. The summed E-state index contributed by atoms with van der Waals surface area (Å²) >= 11 is 0. The van der Waals surface area contributed by atoms with Gasteiger partial charge in [-0.2, -0.15) is 0 Å². The fourth-order valence-corrected chi connectivity index (χ4v) is 2.26. The average Bonchev–Trinajstić information content (AvgIpc) is 2.41. The van der Waals surface area contributed by atoms with Crippen molar-refractivity contribution in [2.75, 3.05) is 37.4 Å². The van der Waals surface area contributed by atoms with Crippen molar-refractivity contribution in [2.24, 2.45) is 5.92 Å². The van der Waals surface area contributed by atoms with Crippen molar-refractivity contribution in [1.29, 1.82) is 0 Å². The van der Waals surface area contributed by atoms with Gasteiger partial charge in [0.1, 0.15) is 11.5 Å². The van der Waals surface area contributed by atoms with Crippen LogP contribution in [0.5, 0.6) is 0 Å². The minimum absolute atomic E-state index is 0.233. The van der Waals surface area contributed by atoms with Crippen molar-refractivity contribution >= 4 is 11.5 Å². The van der Waals surface area contributed by atoms with Crippen LogP contribution in [0.4, 0.5) is 11.5 Å². The van der Waals surface area contributed by atoms with Gasteiger partial charge in [0.2, 0.25) is 0 Å². The van der Waals surface area contributed by atoms with Gasteiger partial charge >= 0.3 is 5.69 Å². The van der Waals surface area contributed by atoms with Crippen LogP contribution in [0.1, 0.15) is 27.2 Å². The molecule has 1 aromatic heterocycles. The number of anilines is 2. The van der Waals surface area contributed by atoms with Crippen molar-refractivity contribution in [2.45, 2.75) is 33.7 Å². The summed E-state index contributed by atoms with van der Waals surface area (Å²) in [6.45, 7) is 8.31. The molecular weight excluding hydrogens is 272 g/mol. The molecule has 3 N–H and O–H groups in total. The number of rotatable bonds is 8. The van der Waals surface area contributed by atoms with E-state index in [2.05, 4.69) is 4.98 Å². The molecule has 0 aliphatic rings. The molecule has 0 aliphatic carbocycles. The highest BCUT2D eigenvalue weighted by Gasteiger charge is 2.17. The number of methoxy groups -OCH3 is 1. The second kappa shape index (κ2) is 7.87. The first-order valence-corrected chi connectivity index (χ1v) is 7.28. The van der Waals surface area contributed by atoms with Crippen LogP contribution in [-0.2, 0) is 11.3 Å². The summed E-state index contributed by atoms with van der Waals surface area (Å²) in [5, 5.41) is 0. The molecule has 21 heavy (non-hydrogen) atoms. The summed E-state index contributed by atoms with van der Waals surface area (Å²) in [6.07, 6.45) is 0.784. The Kier molecular flexibility index (Phi) is 6.48. The number of nitrogens with zero attached hydrogens (tertiary/aromatic N) is 2. The predicted molar refractivity (Wildman–Crippen MR) is 85.0 cm³/mol. The Morgan fingerprint density at radius 3 is 2.57 bits per heavy atom. The topological polar surface area (TPSA) is 93.3 Å². The maximum atomic E-state index is 12.1. The fraction of sp³-hybridized carbons (Fsp3) is 0.714. The van der Waals surface area contributed by atoms with Crippen molar-refractivity contribution in [3.8, 4) is 0 Å². The molecule has 0 fully saturated rings. The molecule has 1 heterocycles. The van der Waals surface area contributed by atoms with Crippen LogP contribution in [0.15, 0.2) is 9.59 Å². The van der Waals surface area contributed by atoms with E-state index in [1.165, 1.54) is 4.57 Å². The van der Waals surface area contributed by atoms with Gasteiger partial charge in [-0.15, -0.1) is 0 Å². The van der Waals surface area contributed by atoms with E-state index in [1.807, 2.05) is 25.7 Å². The lowest BCUT2D eigenvalue weighted by Gasteiger charge is -2.25. The third-order valence-corrected chi connectivity index (χ3v) is 3.24. The lowest BCUT2D eigenvalue weighted by Crippen LogP contribution is -2.39. The van der Waals surface area contributed by atoms with E-state index in [0.717, 1.165) is 6.42 Å². The van der Waals surface area contributed by atoms with E-state index in [4.69, 9.17) is 10.5 Å². The molecule has 0 radical (unpaired) electrons. The molecule has 7 nitrogen and oxygen atoms in total. The van der Waals surface area contributed by atoms with Gasteiger partial charge in [0.25, 0.3) is 5.56 Å². The third-order valence-electron chi connectivity index (χ3n) is 3.24. The number of aromatic nitrogens is 2. The Morgan fingerprint density at radius 1 is 1.38 bits per heavy atom. The Morgan fingerprint density at radius 2 is 2.05 bits per heavy atom. The second-order valence-corrected chi connectivity index (χ2v) is 5.42. The van der Waals surface area contributed by atoms with Gasteiger partial charge in [-0.3, -0.25) is 14.3 Å². The van der Waals surface area contributed by atoms with E-state index in [0.29, 0.717) is 31.9 Å². The van der Waals surface area contributed by atoms with Crippen molar-refractivity contribution in [1.82, 2.24) is 9.55 Å². The largest absolute Gasteiger partial charge is 0.385 e. The van der Waals surface area contributed by atoms with Crippen LogP contribution in [0.3, 0.4) is 0 Å². The number of aromatic amines is 1. The zero-order valence-corrected chi connectivity index (χ0v) is 13.3. The summed E-state index contributed by atoms with van der Waals surface area (Å²) in [6, 6.07) is 0. The van der Waals surface area contributed by atoms with Gasteiger partial charge in [0.05, 0.1) is 0 Å². The minimum atomic E-state index is -0.456. The summed E-state index contributed by atoms with van der Waals surface area (Å²) in [5.41, 5.74) is 5.56. The van der Waals surface area contributed by atoms with E-state index in [9.17, 15) is 9.59 Å². The smallest absolute Gasteiger partial charge is 0.330 e. The monoisotopic (exact) mass is 298 g/mol. The molecule has 0 atom stereocenters. The number of nitrogens with one attached hydrogen (secondary N) is 1. The Hall–Kier alpha value is -1.76. The van der Waals surface area contributed by atoms with Gasteiger partial charge in [-0.1, -0.05) is 13.8 Å². The van der Waals surface area contributed by atoms with Crippen LogP contribution < -0.4 is 21.9 Å². The van der Waals surface area contributed by atoms with Gasteiger partial charge in [-0.25, -0.2) is 4.79 Å². The first-order chi connectivity index (χ1) is 9.92. The Balaban J connectivity index is 3.21. The number of H-pyrrole nitrogens is 1. The third kappa shape index (κ3) is 4.35. The number of ether oxygens (including phenoxy) is 1. The maximum Gasteiger partial charge on any atom is 0.330 e. The van der Waals surface area contributed by atoms with Gasteiger partial charge in [-0.05, 0) is 19.3 Å². The van der Waals surface area contributed by atoms with E-state index in [1.54, 1.807) is 7.11 Å². The van der Waals surface area contributed by atoms with Crippen LogP contribution in [0, 0.1) is 5.92 Å². The molecule has 1 aromatic rings. The highest BCUT2D eigenvalue weighted by atomic mass is 16.5. The zero-order valence-electron chi connectivity index (χ0n) is 13.3. The van der Waals surface area contributed by atoms with Gasteiger partial charge < -0.3 is 15.4 Å². The van der Waals surface area contributed by atoms with Gasteiger partial charge in [0.15, 0.2) is 0 Å². The second-order valence-electron chi connectivity index (χ2n) is 5.42. The SMILES string of the molecule is CCN(CCCOC)c1c(N)n(CC(C)C)c(=O)[nH]c1=O. The first kappa shape index (κ1) is 17.3. The number of nitrogen functional groups attached to an aromatic ring is 1. The van der Waals surface area contributed by atoms with E-state index in [-0.39, 0.29) is 11.7 Å². The Labute approximate surface area is 124 Å². The summed E-state index contributed by atoms with van der Waals surface area (Å²) in [5.74, 6) is 0.490. The molecule has 0 spiro atoms. The highest BCUT2D eigenvalue weighted by Crippen LogP contribution is 2.17. The van der Waals surface area contributed by atoms with Crippen LogP contribution in [0.2, 0.25) is 0 Å². The zero-order chi connectivity index (χ0) is 16.0. The van der Waals surface area contributed by atoms with Crippen molar-refractivity contribution in [3.05, 3.63) is 20.8 Å². The van der Waals surface area contributed by atoms with Gasteiger partial charge in [0, 0.05) is 33.4 Å². The predicted octanol–water partition coefficient (Wildman–Crippen LogP) is 0.638. The summed E-state index contributed by atoms with van der Waals surface area (Å²) in [4.78, 5) is 28.3. The molecule has 0 saturated carbocycles. The van der Waals surface area contributed by atoms with Crippen LogP contribution in [0.25, 0.3) is 0 Å². The normalized spacial score (nSPS) is 11.1. The quantitative estimate of drug-likeness (QED) is 0.687. The Bertz CT molecular complexity index is 562. The number of nitrogens with two attached hydrogens (primary N) is 1. The van der Waals surface area contributed by atoms with Crippen LogP contribution in [-0.4, -0.2) is 36.4 Å². The number of hydrogen-bond acceptors (Lipinski definition) is 5. The highest BCUT2D eigenvalue weighted by molar-refractivity contribution is 5.62. The molecule has 0 unspecified atom stereocenters. The van der Waals surface area contributed by atoms with Crippen molar-refractivity contribution in [3.63, 3.8) is 0 Å². The summed E-state index contributed by atoms with van der Waals surface area (Å²) in [7, 11) is 1.64. The molecule has 7 heteroatoms. The maximum absolute atomic E-state index is 12.1. The number of hydrogen-bond donors (Lipinski definition) is 2. The molecule has 0 saturated heterocycles. The van der Waals surface area contributed by atoms with E-state index < -0.39 is 11.2 Å². The molecule has 1 rings (SSSR count). The molecule has 120 valence electrons.